The summed E-state index contributed by atoms with van der Waals surface area (Å²) in [6.07, 6.45) is 8.62. The highest BCUT2D eigenvalue weighted by atomic mass is 16.1. The zero-order chi connectivity index (χ0) is 26.9. The van der Waals surface area contributed by atoms with Crippen molar-refractivity contribution in [1.82, 2.24) is 9.97 Å². The van der Waals surface area contributed by atoms with Crippen molar-refractivity contribution < 1.29 is 4.79 Å². The van der Waals surface area contributed by atoms with E-state index < -0.39 is 0 Å². The zero-order valence-electron chi connectivity index (χ0n) is 22.6. The Labute approximate surface area is 226 Å². The molecule has 1 aromatic heterocycles. The summed E-state index contributed by atoms with van der Waals surface area (Å²) in [5, 5.41) is 0. The van der Waals surface area contributed by atoms with E-state index in [0.717, 1.165) is 82.6 Å². The van der Waals surface area contributed by atoms with Crippen LogP contribution in [-0.2, 0) is 12.8 Å². The summed E-state index contributed by atoms with van der Waals surface area (Å²) < 4.78 is 0. The fourth-order valence-electron chi connectivity index (χ4n) is 4.77. The second kappa shape index (κ2) is 12.8. The number of aromatic nitrogens is 2. The van der Waals surface area contributed by atoms with Crippen LogP contribution in [0.4, 0.5) is 0 Å². The lowest BCUT2D eigenvalue weighted by molar-refractivity contribution is 0.112. The van der Waals surface area contributed by atoms with E-state index in [4.69, 9.17) is 4.98 Å². The van der Waals surface area contributed by atoms with Gasteiger partial charge in [-0.05, 0) is 55.4 Å². The van der Waals surface area contributed by atoms with Gasteiger partial charge in [-0.2, -0.15) is 0 Å². The number of allylic oxidation sites excluding steroid dienone is 5. The number of nitrogens with zero attached hydrogens (tertiary/aromatic N) is 1. The molecular formula is C35H36N2O. The van der Waals surface area contributed by atoms with Crippen LogP contribution in [0, 0.1) is 0 Å². The highest BCUT2D eigenvalue weighted by molar-refractivity contribution is 5.84. The Bertz CT molecular complexity index is 1400. The van der Waals surface area contributed by atoms with Crippen molar-refractivity contribution in [2.45, 2.75) is 46.5 Å². The Balaban J connectivity index is 1.72. The number of aromatic amines is 1. The molecule has 0 unspecified atom stereocenters. The third-order valence-electron chi connectivity index (χ3n) is 6.96. The summed E-state index contributed by atoms with van der Waals surface area (Å²) in [5.41, 5.74) is 10.7. The highest BCUT2D eigenvalue weighted by Gasteiger charge is 2.17. The first-order valence-corrected chi connectivity index (χ1v) is 13.4. The monoisotopic (exact) mass is 500 g/mol. The Hall–Kier alpha value is -4.24. The fourth-order valence-corrected chi connectivity index (χ4v) is 4.77. The molecule has 0 saturated carbocycles. The number of imidazole rings is 1. The van der Waals surface area contributed by atoms with Crippen LogP contribution in [0.5, 0.6) is 0 Å². The Kier molecular flexibility index (Phi) is 9.05. The average Bonchev–Trinajstić information content (AvgIpc) is 3.42. The van der Waals surface area contributed by atoms with Crippen LogP contribution in [0.3, 0.4) is 0 Å². The molecule has 3 nitrogen and oxygen atoms in total. The predicted molar refractivity (Wildman–Crippen MR) is 160 cm³/mol. The smallest absolute Gasteiger partial charge is 0.150 e. The molecule has 38 heavy (non-hydrogen) atoms. The minimum atomic E-state index is 0.796. The second-order valence-electron chi connectivity index (χ2n) is 9.53. The number of hydrogen-bond acceptors (Lipinski definition) is 2. The Morgan fingerprint density at radius 1 is 0.947 bits per heavy atom. The largest absolute Gasteiger partial charge is 0.337 e. The highest BCUT2D eigenvalue weighted by Crippen LogP contribution is 2.34. The first-order chi connectivity index (χ1) is 18.6. The lowest BCUT2D eigenvalue weighted by Gasteiger charge is -2.09. The van der Waals surface area contributed by atoms with Crippen LogP contribution in [0.2, 0.25) is 0 Å². The van der Waals surface area contributed by atoms with Crippen molar-refractivity contribution in [2.24, 2.45) is 0 Å². The molecule has 3 heteroatoms. The number of nitrogens with one attached hydrogen (secondary N) is 1. The molecule has 0 atom stereocenters. The summed E-state index contributed by atoms with van der Waals surface area (Å²) in [7, 11) is 0. The van der Waals surface area contributed by atoms with Crippen molar-refractivity contribution in [1.29, 1.82) is 0 Å². The maximum absolute atomic E-state index is 11.5. The lowest BCUT2D eigenvalue weighted by Crippen LogP contribution is -1.96. The van der Waals surface area contributed by atoms with E-state index in [1.807, 2.05) is 36.4 Å². The quantitative estimate of drug-likeness (QED) is 0.165. The third-order valence-corrected chi connectivity index (χ3v) is 6.96. The molecule has 0 spiro atoms. The van der Waals surface area contributed by atoms with E-state index in [-0.39, 0.29) is 0 Å². The van der Waals surface area contributed by atoms with E-state index >= 15 is 0 Å². The van der Waals surface area contributed by atoms with Crippen LogP contribution in [0.15, 0.2) is 109 Å². The molecule has 0 aliphatic heterocycles. The van der Waals surface area contributed by atoms with Gasteiger partial charge in [0.2, 0.25) is 0 Å². The molecule has 1 heterocycles. The molecule has 0 aliphatic rings. The molecular weight excluding hydrogens is 464 g/mol. The van der Waals surface area contributed by atoms with Gasteiger partial charge in [0.25, 0.3) is 0 Å². The van der Waals surface area contributed by atoms with Crippen molar-refractivity contribution in [3.63, 3.8) is 0 Å². The molecule has 0 aliphatic carbocycles. The van der Waals surface area contributed by atoms with Crippen LogP contribution in [-0.4, -0.2) is 16.3 Å². The summed E-state index contributed by atoms with van der Waals surface area (Å²) >= 11 is 0. The van der Waals surface area contributed by atoms with Crippen molar-refractivity contribution in [3.8, 4) is 22.5 Å². The molecule has 0 saturated heterocycles. The molecule has 4 aromatic rings. The normalized spacial score (nSPS) is 12.2. The fraction of sp³-hybridized carbons (Fsp3) is 0.200. The number of hydrogen-bond donors (Lipinski definition) is 1. The third kappa shape index (κ3) is 6.18. The average molecular weight is 501 g/mol. The molecule has 0 bridgehead atoms. The van der Waals surface area contributed by atoms with E-state index in [0.29, 0.717) is 0 Å². The van der Waals surface area contributed by atoms with Crippen LogP contribution in [0.25, 0.3) is 28.1 Å². The Morgan fingerprint density at radius 2 is 1.63 bits per heavy atom. The number of H-pyrrole nitrogens is 1. The van der Waals surface area contributed by atoms with E-state index in [1.165, 1.54) is 11.1 Å². The van der Waals surface area contributed by atoms with Crippen molar-refractivity contribution in [3.05, 3.63) is 131 Å². The summed E-state index contributed by atoms with van der Waals surface area (Å²) in [6.45, 7) is 10.5. The van der Waals surface area contributed by atoms with Gasteiger partial charge in [0.15, 0.2) is 0 Å². The van der Waals surface area contributed by atoms with Crippen LogP contribution in [0.1, 0.15) is 60.9 Å². The van der Waals surface area contributed by atoms with Gasteiger partial charge in [0, 0.05) is 22.3 Å². The summed E-state index contributed by atoms with van der Waals surface area (Å²) in [4.78, 5) is 20.3. The van der Waals surface area contributed by atoms with Gasteiger partial charge in [0.1, 0.15) is 12.1 Å². The van der Waals surface area contributed by atoms with Crippen LogP contribution < -0.4 is 0 Å². The SMILES string of the molecule is C=C/C(CC)=C(\C=C(/C)CCc1ccc(CC)c(C=O)c1)c1nc(-c2ccccc2)c(-c2ccccc2)[nH]1. The minimum Gasteiger partial charge on any atom is -0.337 e. The minimum absolute atomic E-state index is 0.796. The first kappa shape index (κ1) is 26.8. The van der Waals surface area contributed by atoms with E-state index in [9.17, 15) is 4.79 Å². The standard InChI is InChI=1S/C35H36N2O/c1-5-27(6-2)32(22-25(4)18-19-26-20-21-28(7-3)31(23-26)24-38)35-36-33(29-14-10-8-11-15-29)34(37-35)30-16-12-9-13-17-30/h5,8-17,20-24H,1,6-7,18-19H2,2-4H3,(H,36,37)/b25-22+,32-27-. The number of benzene rings is 3. The second-order valence-corrected chi connectivity index (χ2v) is 9.53. The molecule has 3 aromatic carbocycles. The van der Waals surface area contributed by atoms with Crippen molar-refractivity contribution >= 4 is 11.9 Å². The van der Waals surface area contributed by atoms with Gasteiger partial charge in [0.05, 0.1) is 11.4 Å². The Morgan fingerprint density at radius 3 is 2.24 bits per heavy atom. The number of carbonyl (C=O) groups is 1. The van der Waals surface area contributed by atoms with E-state index in [1.54, 1.807) is 0 Å². The molecule has 192 valence electrons. The zero-order valence-corrected chi connectivity index (χ0v) is 22.6. The lowest BCUT2D eigenvalue weighted by atomic mass is 9.97. The number of carbonyl (C=O) groups excluding carboxylic acids is 1. The van der Waals surface area contributed by atoms with Gasteiger partial charge in [-0.15, -0.1) is 0 Å². The molecule has 0 fully saturated rings. The van der Waals surface area contributed by atoms with Gasteiger partial charge in [-0.3, -0.25) is 4.79 Å². The number of rotatable bonds is 11. The maximum atomic E-state index is 11.5. The molecule has 1 N–H and O–H groups in total. The number of aldehydes is 1. The molecule has 4 rings (SSSR count). The maximum Gasteiger partial charge on any atom is 0.150 e. The van der Waals surface area contributed by atoms with Crippen LogP contribution >= 0.6 is 0 Å². The van der Waals surface area contributed by atoms with Gasteiger partial charge < -0.3 is 4.98 Å². The summed E-state index contributed by atoms with van der Waals surface area (Å²) in [6, 6.07) is 26.9. The van der Waals surface area contributed by atoms with Gasteiger partial charge >= 0.3 is 0 Å². The summed E-state index contributed by atoms with van der Waals surface area (Å²) in [5.74, 6) is 0.842. The molecule has 0 amide bonds. The molecule has 0 radical (unpaired) electrons. The van der Waals surface area contributed by atoms with E-state index in [2.05, 4.69) is 86.9 Å². The number of aryl methyl sites for hydroxylation is 2. The topological polar surface area (TPSA) is 45.8 Å². The van der Waals surface area contributed by atoms with Crippen molar-refractivity contribution in [2.75, 3.05) is 0 Å². The van der Waals surface area contributed by atoms with Gasteiger partial charge in [-0.1, -0.05) is 111 Å². The van der Waals surface area contributed by atoms with Gasteiger partial charge in [-0.25, -0.2) is 4.98 Å². The first-order valence-electron chi connectivity index (χ1n) is 13.4. The predicted octanol–water partition coefficient (Wildman–Crippen LogP) is 9.05.